The molecule has 0 fully saturated rings. The van der Waals surface area contributed by atoms with E-state index in [9.17, 15) is 5.11 Å². The van der Waals surface area contributed by atoms with E-state index in [0.717, 1.165) is 36.8 Å². The molecule has 1 N–H and O–H groups in total. The zero-order valence-corrected chi connectivity index (χ0v) is 21.3. The largest absolute Gasteiger partial charge is 0.507 e. The van der Waals surface area contributed by atoms with Crippen LogP contribution in [0.15, 0.2) is 42.5 Å². The summed E-state index contributed by atoms with van der Waals surface area (Å²) in [7, 11) is 0. The molecule has 1 unspecified atom stereocenters. The second kappa shape index (κ2) is 9.53. The molecule has 0 heterocycles. The van der Waals surface area contributed by atoms with Crippen molar-refractivity contribution >= 4 is 0 Å². The fourth-order valence-corrected chi connectivity index (χ4v) is 5.21. The average Bonchev–Trinajstić information content (AvgIpc) is 2.78. The minimum Gasteiger partial charge on any atom is -0.507 e. The summed E-state index contributed by atoms with van der Waals surface area (Å²) >= 11 is 0. The zero-order valence-electron chi connectivity index (χ0n) is 21.3. The van der Waals surface area contributed by atoms with Crippen molar-refractivity contribution in [2.45, 2.75) is 86.5 Å². The van der Waals surface area contributed by atoms with E-state index in [2.05, 4.69) is 97.9 Å². The quantitative estimate of drug-likeness (QED) is 0.379. The Morgan fingerprint density at radius 2 is 0.906 bits per heavy atom. The summed E-state index contributed by atoms with van der Waals surface area (Å²) in [6.45, 7) is 17.8. The maximum atomic E-state index is 10.8. The topological polar surface area (TPSA) is 20.2 Å². The van der Waals surface area contributed by atoms with Crippen LogP contribution >= 0.6 is 0 Å². The lowest BCUT2D eigenvalue weighted by atomic mass is 9.68. The molecular formula is C31H40O. The van der Waals surface area contributed by atoms with Gasteiger partial charge < -0.3 is 5.11 Å². The van der Waals surface area contributed by atoms with Gasteiger partial charge in [0, 0.05) is 5.41 Å². The maximum absolute atomic E-state index is 10.8. The van der Waals surface area contributed by atoms with Gasteiger partial charge in [0.25, 0.3) is 0 Å². The van der Waals surface area contributed by atoms with Gasteiger partial charge in [-0.3, -0.25) is 0 Å². The Kier molecular flexibility index (Phi) is 7.18. The highest BCUT2D eigenvalue weighted by Gasteiger charge is 2.33. The van der Waals surface area contributed by atoms with Crippen LogP contribution in [0.2, 0.25) is 0 Å². The van der Waals surface area contributed by atoms with Gasteiger partial charge in [0.2, 0.25) is 0 Å². The van der Waals surface area contributed by atoms with E-state index in [1.165, 1.54) is 44.5 Å². The summed E-state index contributed by atoms with van der Waals surface area (Å²) in [6, 6.07) is 16.3. The summed E-state index contributed by atoms with van der Waals surface area (Å²) in [5, 5.41) is 10.8. The molecule has 32 heavy (non-hydrogen) atoms. The first-order valence-corrected chi connectivity index (χ1v) is 12.3. The Balaban J connectivity index is 2.44. The molecule has 0 saturated heterocycles. The third kappa shape index (κ3) is 4.22. The van der Waals surface area contributed by atoms with Crippen LogP contribution in [0.1, 0.15) is 90.3 Å². The molecule has 1 nitrogen and oxygen atoms in total. The van der Waals surface area contributed by atoms with Crippen molar-refractivity contribution in [3.63, 3.8) is 0 Å². The average molecular weight is 429 g/mol. The second-order valence-electron chi connectivity index (χ2n) is 9.48. The summed E-state index contributed by atoms with van der Waals surface area (Å²) in [6.07, 6.45) is 3.71. The summed E-state index contributed by atoms with van der Waals surface area (Å²) < 4.78 is 0. The number of benzene rings is 3. The van der Waals surface area contributed by atoms with Crippen molar-refractivity contribution in [1.82, 2.24) is 0 Å². The highest BCUT2D eigenvalue weighted by Crippen LogP contribution is 2.43. The van der Waals surface area contributed by atoms with Crippen molar-refractivity contribution in [3.8, 4) is 5.75 Å². The highest BCUT2D eigenvalue weighted by atomic mass is 16.3. The molecule has 3 rings (SSSR count). The fourth-order valence-electron chi connectivity index (χ4n) is 5.21. The van der Waals surface area contributed by atoms with Crippen LogP contribution in [0.3, 0.4) is 0 Å². The number of rotatable bonds is 7. The molecule has 0 aliphatic rings. The first-order chi connectivity index (χ1) is 15.2. The van der Waals surface area contributed by atoms with E-state index in [0.29, 0.717) is 5.75 Å². The van der Waals surface area contributed by atoms with Gasteiger partial charge in [-0.1, -0.05) is 81.3 Å². The molecule has 0 aromatic heterocycles. The summed E-state index contributed by atoms with van der Waals surface area (Å²) in [5.41, 5.74) is 12.6. The van der Waals surface area contributed by atoms with Crippen LogP contribution in [-0.4, -0.2) is 5.11 Å². The molecule has 0 saturated carbocycles. The molecule has 0 radical (unpaired) electrons. The first kappa shape index (κ1) is 24.1. The summed E-state index contributed by atoms with van der Waals surface area (Å²) in [5.74, 6) is 0.467. The van der Waals surface area contributed by atoms with E-state index >= 15 is 0 Å². The number of aryl methyl sites for hydroxylation is 6. The van der Waals surface area contributed by atoms with E-state index < -0.39 is 0 Å². The number of aromatic hydroxyl groups is 1. The standard InChI is InChI=1S/C31H40O/c1-9-23-16-28(17-24(10-2)22(23)7)31(8,27-14-20(5)13-21(6)15-27)29-18-25(11-3)30(32)26(12-4)19-29/h13-19,32H,9-12H2,1-8H3. The van der Waals surface area contributed by atoms with Gasteiger partial charge in [-0.2, -0.15) is 0 Å². The van der Waals surface area contributed by atoms with Gasteiger partial charge >= 0.3 is 0 Å². The number of phenolic OH excluding ortho intramolecular Hbond substituents is 1. The molecule has 0 spiro atoms. The fraction of sp³-hybridized carbons (Fsp3) is 0.419. The van der Waals surface area contributed by atoms with Crippen LogP contribution in [0, 0.1) is 20.8 Å². The minimum absolute atomic E-state index is 0.306. The van der Waals surface area contributed by atoms with Gasteiger partial charge in [-0.05, 0) is 97.9 Å². The van der Waals surface area contributed by atoms with Crippen LogP contribution in [0.4, 0.5) is 0 Å². The molecule has 0 aliphatic heterocycles. The molecule has 0 aliphatic carbocycles. The molecule has 0 amide bonds. The molecule has 3 aromatic rings. The molecular weight excluding hydrogens is 388 g/mol. The monoisotopic (exact) mass is 428 g/mol. The zero-order chi connectivity index (χ0) is 23.6. The number of hydrogen-bond acceptors (Lipinski definition) is 1. The lowest BCUT2D eigenvalue weighted by Gasteiger charge is -2.35. The Morgan fingerprint density at radius 1 is 0.562 bits per heavy atom. The third-order valence-corrected chi connectivity index (χ3v) is 7.37. The molecule has 1 heteroatoms. The lowest BCUT2D eigenvalue weighted by Crippen LogP contribution is -2.27. The molecule has 1 atom stereocenters. The van der Waals surface area contributed by atoms with E-state index in [-0.39, 0.29) is 5.41 Å². The van der Waals surface area contributed by atoms with Gasteiger partial charge in [0.1, 0.15) is 5.75 Å². The van der Waals surface area contributed by atoms with Crippen LogP contribution in [0.25, 0.3) is 0 Å². The van der Waals surface area contributed by atoms with E-state index in [1.54, 1.807) is 0 Å². The Labute approximate surface area is 195 Å². The molecule has 3 aromatic carbocycles. The highest BCUT2D eigenvalue weighted by molar-refractivity contribution is 5.57. The second-order valence-corrected chi connectivity index (χ2v) is 9.48. The van der Waals surface area contributed by atoms with Gasteiger partial charge in [-0.25, -0.2) is 0 Å². The van der Waals surface area contributed by atoms with Gasteiger partial charge in [0.05, 0.1) is 0 Å². The predicted octanol–water partition coefficient (Wildman–Crippen LogP) is 7.92. The van der Waals surface area contributed by atoms with Crippen molar-refractivity contribution in [3.05, 3.63) is 98.1 Å². The van der Waals surface area contributed by atoms with Gasteiger partial charge in [0.15, 0.2) is 0 Å². The Hall–Kier alpha value is -2.54. The van der Waals surface area contributed by atoms with E-state index in [1.807, 2.05) is 0 Å². The third-order valence-electron chi connectivity index (χ3n) is 7.37. The van der Waals surface area contributed by atoms with Crippen molar-refractivity contribution in [2.24, 2.45) is 0 Å². The SMILES string of the molecule is CCc1cc(C(C)(c2cc(C)cc(C)c2)c2cc(CC)c(O)c(CC)c2)cc(CC)c1C. The lowest BCUT2D eigenvalue weighted by molar-refractivity contribution is 0.461. The van der Waals surface area contributed by atoms with Crippen LogP contribution in [0.5, 0.6) is 5.75 Å². The van der Waals surface area contributed by atoms with Crippen molar-refractivity contribution < 1.29 is 5.11 Å². The summed E-state index contributed by atoms with van der Waals surface area (Å²) in [4.78, 5) is 0. The smallest absolute Gasteiger partial charge is 0.121 e. The van der Waals surface area contributed by atoms with Crippen LogP contribution < -0.4 is 0 Å². The number of phenols is 1. The Bertz CT molecular complexity index is 988. The van der Waals surface area contributed by atoms with Crippen molar-refractivity contribution in [1.29, 1.82) is 0 Å². The Morgan fingerprint density at radius 3 is 1.28 bits per heavy atom. The van der Waals surface area contributed by atoms with Crippen LogP contribution in [-0.2, 0) is 31.1 Å². The minimum atomic E-state index is -0.306. The van der Waals surface area contributed by atoms with E-state index in [4.69, 9.17) is 0 Å². The molecule has 170 valence electrons. The normalized spacial score (nSPS) is 13.2. The van der Waals surface area contributed by atoms with Crippen molar-refractivity contribution in [2.75, 3.05) is 0 Å². The predicted molar refractivity (Wildman–Crippen MR) is 138 cm³/mol. The first-order valence-electron chi connectivity index (χ1n) is 12.3. The maximum Gasteiger partial charge on any atom is 0.121 e. The number of hydrogen-bond donors (Lipinski definition) is 1. The molecule has 0 bridgehead atoms. The van der Waals surface area contributed by atoms with Gasteiger partial charge in [-0.15, -0.1) is 0 Å².